The van der Waals surface area contributed by atoms with Crippen LogP contribution < -0.4 is 5.32 Å². The van der Waals surface area contributed by atoms with Crippen molar-refractivity contribution >= 4 is 24.2 Å². The van der Waals surface area contributed by atoms with Crippen LogP contribution in [-0.2, 0) is 19.1 Å². The number of carbonyl (C=O) groups excluding carboxylic acids is 2. The minimum Gasteiger partial charge on any atom is -0.376 e. The lowest BCUT2D eigenvalue weighted by molar-refractivity contribution is -0.148. The van der Waals surface area contributed by atoms with Gasteiger partial charge in [0, 0.05) is 53.4 Å². The highest BCUT2D eigenvalue weighted by Gasteiger charge is 2.45. The van der Waals surface area contributed by atoms with E-state index in [1.165, 1.54) is 0 Å². The topological polar surface area (TPSA) is 71.1 Å². The van der Waals surface area contributed by atoms with Crippen molar-refractivity contribution in [2.75, 3.05) is 53.5 Å². The molecule has 3 heterocycles. The molecule has 0 radical (unpaired) electrons. The van der Waals surface area contributed by atoms with Gasteiger partial charge in [-0.2, -0.15) is 0 Å². The van der Waals surface area contributed by atoms with Gasteiger partial charge in [0.05, 0.1) is 17.6 Å². The summed E-state index contributed by atoms with van der Waals surface area (Å²) in [6, 6.07) is 0. The first-order chi connectivity index (χ1) is 13.5. The Bertz CT molecular complexity index is 530. The molecule has 3 saturated heterocycles. The molecule has 168 valence electrons. The summed E-state index contributed by atoms with van der Waals surface area (Å²) in [6.07, 6.45) is 7.76. The van der Waals surface area contributed by atoms with Crippen LogP contribution in [0.15, 0.2) is 0 Å². The average molecular weight is 432 g/mol. The maximum Gasteiger partial charge on any atom is 0.230 e. The summed E-state index contributed by atoms with van der Waals surface area (Å²) in [7, 11) is 3.69. The standard InChI is InChI=1S/C21H37N3O4.ClH/c1-23(14-17-7-3-5-11-27-17)19(25)13-21(9-10-22-16-21)20(26)24(2)15-18-8-4-6-12-28-18;/h17-18,22H,3-16H2,1-2H3;1H. The van der Waals surface area contributed by atoms with E-state index in [9.17, 15) is 9.59 Å². The third-order valence-corrected chi connectivity index (χ3v) is 6.46. The van der Waals surface area contributed by atoms with E-state index >= 15 is 0 Å². The van der Waals surface area contributed by atoms with Crippen molar-refractivity contribution in [3.63, 3.8) is 0 Å². The number of hydrogen-bond donors (Lipinski definition) is 1. The molecule has 7 nitrogen and oxygen atoms in total. The number of nitrogens with one attached hydrogen (secondary N) is 1. The fraction of sp³-hybridized carbons (Fsp3) is 0.905. The molecule has 3 fully saturated rings. The Morgan fingerprint density at radius 2 is 1.55 bits per heavy atom. The van der Waals surface area contributed by atoms with Crippen LogP contribution in [0.25, 0.3) is 0 Å². The van der Waals surface area contributed by atoms with E-state index in [1.54, 1.807) is 9.80 Å². The first-order valence-corrected chi connectivity index (χ1v) is 10.9. The molecule has 3 unspecified atom stereocenters. The predicted octanol–water partition coefficient (Wildman–Crippen LogP) is 1.83. The lowest BCUT2D eigenvalue weighted by Gasteiger charge is -2.35. The van der Waals surface area contributed by atoms with Crippen molar-refractivity contribution in [2.24, 2.45) is 5.41 Å². The van der Waals surface area contributed by atoms with Crippen LogP contribution in [0.3, 0.4) is 0 Å². The molecule has 3 aliphatic rings. The number of ether oxygens (including phenoxy) is 2. The lowest BCUT2D eigenvalue weighted by Crippen LogP contribution is -2.49. The van der Waals surface area contributed by atoms with E-state index in [1.807, 2.05) is 14.1 Å². The van der Waals surface area contributed by atoms with Crippen molar-refractivity contribution in [1.82, 2.24) is 15.1 Å². The van der Waals surface area contributed by atoms with Gasteiger partial charge in [-0.15, -0.1) is 12.4 Å². The van der Waals surface area contributed by atoms with Gasteiger partial charge in [0.15, 0.2) is 0 Å². The molecule has 2 amide bonds. The fourth-order valence-electron chi connectivity index (χ4n) is 4.68. The smallest absolute Gasteiger partial charge is 0.230 e. The van der Waals surface area contributed by atoms with E-state index in [0.29, 0.717) is 26.1 Å². The highest BCUT2D eigenvalue weighted by molar-refractivity contribution is 5.89. The molecule has 0 bridgehead atoms. The number of halogens is 1. The third-order valence-electron chi connectivity index (χ3n) is 6.46. The van der Waals surface area contributed by atoms with Crippen LogP contribution >= 0.6 is 12.4 Å². The van der Waals surface area contributed by atoms with Crippen LogP contribution in [-0.4, -0.2) is 87.3 Å². The summed E-state index contributed by atoms with van der Waals surface area (Å²) in [5.74, 6) is 0.107. The Hall–Kier alpha value is -0.890. The molecule has 0 saturated carbocycles. The minimum atomic E-state index is -0.637. The van der Waals surface area contributed by atoms with Crippen molar-refractivity contribution in [1.29, 1.82) is 0 Å². The third kappa shape index (κ3) is 6.54. The Labute approximate surface area is 181 Å². The molecule has 8 heteroatoms. The summed E-state index contributed by atoms with van der Waals surface area (Å²) >= 11 is 0. The molecule has 1 N–H and O–H groups in total. The fourth-order valence-corrected chi connectivity index (χ4v) is 4.68. The zero-order valence-electron chi connectivity index (χ0n) is 18.0. The summed E-state index contributed by atoms with van der Waals surface area (Å²) < 4.78 is 11.6. The summed E-state index contributed by atoms with van der Waals surface area (Å²) in [4.78, 5) is 29.8. The van der Waals surface area contributed by atoms with E-state index in [-0.39, 0.29) is 42.9 Å². The molecule has 3 atom stereocenters. The van der Waals surface area contributed by atoms with Gasteiger partial charge in [-0.05, 0) is 51.5 Å². The largest absolute Gasteiger partial charge is 0.376 e. The second kappa shape index (κ2) is 11.5. The van der Waals surface area contributed by atoms with Gasteiger partial charge in [-0.3, -0.25) is 9.59 Å². The molecule has 0 aromatic carbocycles. The maximum atomic E-state index is 13.3. The monoisotopic (exact) mass is 431 g/mol. The Morgan fingerprint density at radius 3 is 2.03 bits per heavy atom. The zero-order valence-corrected chi connectivity index (χ0v) is 18.8. The number of amides is 2. The van der Waals surface area contributed by atoms with Crippen LogP contribution in [0, 0.1) is 5.41 Å². The highest BCUT2D eigenvalue weighted by atomic mass is 35.5. The average Bonchev–Trinajstić information content (AvgIpc) is 3.18. The number of rotatable bonds is 7. The van der Waals surface area contributed by atoms with Crippen LogP contribution in [0.5, 0.6) is 0 Å². The lowest BCUT2D eigenvalue weighted by atomic mass is 9.81. The van der Waals surface area contributed by atoms with E-state index < -0.39 is 5.41 Å². The Kier molecular flexibility index (Phi) is 9.66. The molecule has 0 aromatic rings. The van der Waals surface area contributed by atoms with E-state index in [2.05, 4.69) is 5.32 Å². The Balaban J connectivity index is 0.00000300. The molecular formula is C21H38ClN3O4. The number of carbonyl (C=O) groups is 2. The second-order valence-corrected chi connectivity index (χ2v) is 8.82. The highest BCUT2D eigenvalue weighted by Crippen LogP contribution is 2.33. The summed E-state index contributed by atoms with van der Waals surface area (Å²) in [5, 5.41) is 3.30. The van der Waals surface area contributed by atoms with Gasteiger partial charge in [0.25, 0.3) is 0 Å². The minimum absolute atomic E-state index is 0. The number of likely N-dealkylation sites (N-methyl/N-ethyl adjacent to an activating group) is 2. The van der Waals surface area contributed by atoms with Crippen LogP contribution in [0.4, 0.5) is 0 Å². The van der Waals surface area contributed by atoms with Crippen LogP contribution in [0.2, 0.25) is 0 Å². The summed E-state index contributed by atoms with van der Waals surface area (Å²) in [5.41, 5.74) is -0.637. The van der Waals surface area contributed by atoms with Gasteiger partial charge >= 0.3 is 0 Å². The maximum absolute atomic E-state index is 13.3. The number of hydrogen-bond acceptors (Lipinski definition) is 5. The van der Waals surface area contributed by atoms with E-state index in [4.69, 9.17) is 9.47 Å². The van der Waals surface area contributed by atoms with Crippen molar-refractivity contribution < 1.29 is 19.1 Å². The van der Waals surface area contributed by atoms with Crippen molar-refractivity contribution in [2.45, 2.75) is 63.6 Å². The normalized spacial score (nSPS) is 29.7. The van der Waals surface area contributed by atoms with Gasteiger partial charge in [0.1, 0.15) is 0 Å². The molecule has 3 aliphatic heterocycles. The van der Waals surface area contributed by atoms with Gasteiger partial charge < -0.3 is 24.6 Å². The van der Waals surface area contributed by atoms with Crippen molar-refractivity contribution in [3.05, 3.63) is 0 Å². The molecule has 0 aliphatic carbocycles. The van der Waals surface area contributed by atoms with Gasteiger partial charge in [-0.25, -0.2) is 0 Å². The Morgan fingerprint density at radius 1 is 0.966 bits per heavy atom. The van der Waals surface area contributed by atoms with Crippen molar-refractivity contribution in [3.8, 4) is 0 Å². The first-order valence-electron chi connectivity index (χ1n) is 10.9. The molecule has 29 heavy (non-hydrogen) atoms. The summed E-state index contributed by atoms with van der Waals surface area (Å²) in [6.45, 7) is 4.14. The SMILES string of the molecule is CN(CC1CCCCO1)C(=O)CC1(C(=O)N(C)CC2CCCCO2)CCNC1.Cl. The molecule has 0 spiro atoms. The number of nitrogens with zero attached hydrogens (tertiary/aromatic N) is 2. The molecule has 3 rings (SSSR count). The second-order valence-electron chi connectivity index (χ2n) is 8.82. The molecular weight excluding hydrogens is 394 g/mol. The van der Waals surface area contributed by atoms with Gasteiger partial charge in [-0.1, -0.05) is 0 Å². The molecule has 0 aromatic heterocycles. The zero-order chi connectivity index (χ0) is 20.0. The van der Waals surface area contributed by atoms with Gasteiger partial charge in [0.2, 0.25) is 11.8 Å². The first kappa shape index (κ1) is 24.4. The predicted molar refractivity (Wildman–Crippen MR) is 114 cm³/mol. The van der Waals surface area contributed by atoms with Crippen LogP contribution in [0.1, 0.15) is 51.4 Å². The van der Waals surface area contributed by atoms with E-state index in [0.717, 1.165) is 58.3 Å². The quantitative estimate of drug-likeness (QED) is 0.665.